The molecule has 102 valence electrons. The maximum Gasteiger partial charge on any atom is 0.307 e. The molecule has 0 aromatic heterocycles. The summed E-state index contributed by atoms with van der Waals surface area (Å²) in [5, 5.41) is 11.7. The maximum absolute atomic E-state index is 11.9. The second kappa shape index (κ2) is 6.10. The lowest BCUT2D eigenvalue weighted by Crippen LogP contribution is -2.43. The zero-order valence-corrected chi connectivity index (χ0v) is 11.6. The van der Waals surface area contributed by atoms with Crippen LogP contribution in [-0.4, -0.2) is 23.2 Å². The fourth-order valence-electron chi connectivity index (χ4n) is 2.17. The Morgan fingerprint density at radius 2 is 1.89 bits per heavy atom. The Labute approximate surface area is 116 Å². The molecule has 0 aliphatic heterocycles. The lowest BCUT2D eigenvalue weighted by atomic mass is 9.73. The summed E-state index contributed by atoms with van der Waals surface area (Å²) in [5.74, 6) is -1.87. The van der Waals surface area contributed by atoms with E-state index in [1.165, 1.54) is 4.90 Å². The smallest absolute Gasteiger partial charge is 0.307 e. The van der Waals surface area contributed by atoms with Crippen molar-refractivity contribution in [1.29, 1.82) is 0 Å². The van der Waals surface area contributed by atoms with Gasteiger partial charge in [0.25, 0.3) is 0 Å². The van der Waals surface area contributed by atoms with Crippen molar-refractivity contribution in [2.24, 2.45) is 11.8 Å². The summed E-state index contributed by atoms with van der Waals surface area (Å²) in [6.07, 6.45) is 3.30. The fourth-order valence-corrected chi connectivity index (χ4v) is 2.58. The van der Waals surface area contributed by atoms with Crippen molar-refractivity contribution in [3.63, 3.8) is 0 Å². The van der Waals surface area contributed by atoms with E-state index in [-0.39, 0.29) is 11.8 Å². The largest absolute Gasteiger partial charge is 0.481 e. The summed E-state index contributed by atoms with van der Waals surface area (Å²) in [6, 6.07) is 7.97. The third-order valence-electron chi connectivity index (χ3n) is 3.55. The number of carbonyl (C=O) groups excluding carboxylic acids is 1. The molecule has 0 radical (unpaired) electrons. The Morgan fingerprint density at radius 1 is 1.26 bits per heavy atom. The second-order valence-corrected chi connectivity index (χ2v) is 5.57. The van der Waals surface area contributed by atoms with E-state index in [9.17, 15) is 9.59 Å². The van der Waals surface area contributed by atoms with E-state index in [0.717, 1.165) is 5.56 Å². The fraction of sp³-hybridized carbons (Fsp3) is 0.429. The molecule has 2 N–H and O–H groups in total. The summed E-state index contributed by atoms with van der Waals surface area (Å²) in [6.45, 7) is 0.455. The summed E-state index contributed by atoms with van der Waals surface area (Å²) < 4.78 is 0. The highest BCUT2D eigenvalue weighted by Crippen LogP contribution is 2.34. The molecular formula is C14H17NO3S. The number of benzene rings is 1. The number of hydrogen-bond acceptors (Lipinski definition) is 3. The molecule has 1 saturated carbocycles. The van der Waals surface area contributed by atoms with E-state index in [1.807, 2.05) is 30.5 Å². The van der Waals surface area contributed by atoms with Crippen LogP contribution in [0.5, 0.6) is 0 Å². The molecule has 5 heteroatoms. The molecule has 0 spiro atoms. The minimum atomic E-state index is -0.865. The zero-order chi connectivity index (χ0) is 13.8. The molecule has 2 atom stereocenters. The third-order valence-corrected chi connectivity index (χ3v) is 4.30. The van der Waals surface area contributed by atoms with Crippen molar-refractivity contribution in [3.05, 3.63) is 29.8 Å². The van der Waals surface area contributed by atoms with Crippen LogP contribution in [0.2, 0.25) is 0 Å². The van der Waals surface area contributed by atoms with Gasteiger partial charge in [-0.15, -0.1) is 11.8 Å². The van der Waals surface area contributed by atoms with Crippen molar-refractivity contribution in [2.45, 2.75) is 24.3 Å². The first-order chi connectivity index (χ1) is 9.11. The predicted molar refractivity (Wildman–Crippen MR) is 73.9 cm³/mol. The van der Waals surface area contributed by atoms with Crippen LogP contribution in [0.25, 0.3) is 0 Å². The topological polar surface area (TPSA) is 66.4 Å². The van der Waals surface area contributed by atoms with Gasteiger partial charge in [-0.1, -0.05) is 12.1 Å². The Hall–Kier alpha value is -1.49. The van der Waals surface area contributed by atoms with E-state index < -0.39 is 11.9 Å². The summed E-state index contributed by atoms with van der Waals surface area (Å²) in [4.78, 5) is 23.9. The van der Waals surface area contributed by atoms with E-state index in [4.69, 9.17) is 5.11 Å². The van der Waals surface area contributed by atoms with E-state index in [0.29, 0.717) is 19.4 Å². The van der Waals surface area contributed by atoms with Gasteiger partial charge >= 0.3 is 5.97 Å². The van der Waals surface area contributed by atoms with E-state index in [2.05, 4.69) is 5.32 Å². The van der Waals surface area contributed by atoms with Gasteiger partial charge in [-0.05, 0) is 36.8 Å². The average molecular weight is 279 g/mol. The molecule has 0 heterocycles. The van der Waals surface area contributed by atoms with Gasteiger partial charge in [-0.2, -0.15) is 0 Å². The summed E-state index contributed by atoms with van der Waals surface area (Å²) in [7, 11) is 0. The SMILES string of the molecule is CSc1ccc(CNC(=O)C2CCC2C(=O)O)cc1. The number of aliphatic carboxylic acids is 1. The van der Waals surface area contributed by atoms with Crippen LogP contribution in [0.4, 0.5) is 0 Å². The molecule has 1 aromatic rings. The second-order valence-electron chi connectivity index (χ2n) is 4.69. The highest BCUT2D eigenvalue weighted by atomic mass is 32.2. The van der Waals surface area contributed by atoms with Gasteiger partial charge in [0.05, 0.1) is 11.8 Å². The summed E-state index contributed by atoms with van der Waals surface area (Å²) in [5.41, 5.74) is 1.03. The van der Waals surface area contributed by atoms with Gasteiger partial charge in [0.15, 0.2) is 0 Å². The third kappa shape index (κ3) is 3.29. The molecule has 1 amide bonds. The quantitative estimate of drug-likeness (QED) is 0.810. The van der Waals surface area contributed by atoms with Crippen LogP contribution in [0.3, 0.4) is 0 Å². The zero-order valence-electron chi connectivity index (χ0n) is 10.8. The molecule has 0 bridgehead atoms. The van der Waals surface area contributed by atoms with Gasteiger partial charge in [-0.3, -0.25) is 9.59 Å². The van der Waals surface area contributed by atoms with Gasteiger partial charge in [-0.25, -0.2) is 0 Å². The normalized spacial score (nSPS) is 21.5. The number of thioether (sulfide) groups is 1. The molecule has 1 fully saturated rings. The van der Waals surface area contributed by atoms with Crippen molar-refractivity contribution < 1.29 is 14.7 Å². The number of amides is 1. The van der Waals surface area contributed by atoms with Crippen molar-refractivity contribution in [3.8, 4) is 0 Å². The minimum Gasteiger partial charge on any atom is -0.481 e. The summed E-state index contributed by atoms with van der Waals surface area (Å²) >= 11 is 1.67. The number of carboxylic acids is 1. The lowest BCUT2D eigenvalue weighted by Gasteiger charge is -2.31. The highest BCUT2D eigenvalue weighted by Gasteiger charge is 2.41. The minimum absolute atomic E-state index is 0.146. The van der Waals surface area contributed by atoms with Crippen LogP contribution in [0.1, 0.15) is 18.4 Å². The van der Waals surface area contributed by atoms with Crippen LogP contribution < -0.4 is 5.32 Å². The van der Waals surface area contributed by atoms with Gasteiger partial charge < -0.3 is 10.4 Å². The van der Waals surface area contributed by atoms with Crippen LogP contribution in [0, 0.1) is 11.8 Å². The number of hydrogen-bond donors (Lipinski definition) is 2. The molecular weight excluding hydrogens is 262 g/mol. The molecule has 4 nitrogen and oxygen atoms in total. The Bertz CT molecular complexity index is 472. The average Bonchev–Trinajstić information content (AvgIpc) is 2.35. The first-order valence-corrected chi connectivity index (χ1v) is 7.47. The number of nitrogens with one attached hydrogen (secondary N) is 1. The lowest BCUT2D eigenvalue weighted by molar-refractivity contribution is -0.152. The van der Waals surface area contributed by atoms with Crippen LogP contribution in [0.15, 0.2) is 29.2 Å². The van der Waals surface area contributed by atoms with Crippen molar-refractivity contribution >= 4 is 23.6 Å². The predicted octanol–water partition coefficient (Wildman–Crippen LogP) is 2.14. The molecule has 0 saturated heterocycles. The molecule has 2 rings (SSSR count). The standard InChI is InChI=1S/C14H17NO3S/c1-19-10-4-2-9(3-5-10)8-15-13(16)11-6-7-12(11)14(17)18/h2-5,11-12H,6-8H2,1H3,(H,15,16)(H,17,18). The van der Waals surface area contributed by atoms with Crippen LogP contribution >= 0.6 is 11.8 Å². The Morgan fingerprint density at radius 3 is 2.37 bits per heavy atom. The van der Waals surface area contributed by atoms with Gasteiger partial charge in [0, 0.05) is 11.4 Å². The molecule has 1 aromatic carbocycles. The van der Waals surface area contributed by atoms with Crippen LogP contribution in [-0.2, 0) is 16.1 Å². The Balaban J connectivity index is 1.84. The van der Waals surface area contributed by atoms with Crippen molar-refractivity contribution in [1.82, 2.24) is 5.32 Å². The molecule has 1 aliphatic rings. The number of carbonyl (C=O) groups is 2. The maximum atomic E-state index is 11.9. The number of rotatable bonds is 5. The van der Waals surface area contributed by atoms with Gasteiger partial charge in [0.1, 0.15) is 0 Å². The van der Waals surface area contributed by atoms with Gasteiger partial charge in [0.2, 0.25) is 5.91 Å². The number of carboxylic acid groups (broad SMARTS) is 1. The Kier molecular flexibility index (Phi) is 4.47. The molecule has 19 heavy (non-hydrogen) atoms. The first-order valence-electron chi connectivity index (χ1n) is 6.25. The van der Waals surface area contributed by atoms with Crippen molar-refractivity contribution in [2.75, 3.05) is 6.26 Å². The van der Waals surface area contributed by atoms with E-state index >= 15 is 0 Å². The van der Waals surface area contributed by atoms with E-state index in [1.54, 1.807) is 11.8 Å². The molecule has 1 aliphatic carbocycles. The molecule has 2 unspecified atom stereocenters. The highest BCUT2D eigenvalue weighted by molar-refractivity contribution is 7.98. The monoisotopic (exact) mass is 279 g/mol. The first kappa shape index (κ1) is 13.9.